The monoisotopic (exact) mass is 385 g/mol. The normalized spacial score (nSPS) is 30.6. The van der Waals surface area contributed by atoms with Crippen LogP contribution in [0.1, 0.15) is 63.4 Å². The molecule has 2 N–H and O–H groups in total. The van der Waals surface area contributed by atoms with E-state index < -0.39 is 0 Å². The van der Waals surface area contributed by atoms with Gasteiger partial charge in [0, 0.05) is 55.8 Å². The number of piperazine rings is 1. The Bertz CT molecular complexity index is 699. The molecule has 1 saturated heterocycles. The SMILES string of the molecule is Cc1cc(N2CCN(C(=O)C3CC4CCCC(C3)C4N)CC2)nc(C(C)C)n1. The highest BCUT2D eigenvalue weighted by atomic mass is 16.2. The van der Waals surface area contributed by atoms with Crippen LogP contribution in [0.3, 0.4) is 0 Å². The molecule has 2 heterocycles. The first kappa shape index (κ1) is 19.6. The minimum absolute atomic E-state index is 0.190. The molecular weight excluding hydrogens is 350 g/mol. The maximum atomic E-state index is 13.2. The number of amides is 1. The number of rotatable bonds is 3. The van der Waals surface area contributed by atoms with E-state index in [4.69, 9.17) is 10.7 Å². The molecule has 2 bridgehead atoms. The molecule has 0 aromatic carbocycles. The molecule has 1 aromatic heterocycles. The van der Waals surface area contributed by atoms with E-state index >= 15 is 0 Å². The van der Waals surface area contributed by atoms with Crippen molar-refractivity contribution in [3.05, 3.63) is 17.6 Å². The zero-order chi connectivity index (χ0) is 19.8. The van der Waals surface area contributed by atoms with E-state index in [0.29, 0.717) is 29.7 Å². The fourth-order valence-electron chi connectivity index (χ4n) is 5.40. The van der Waals surface area contributed by atoms with Crippen LogP contribution in [0.2, 0.25) is 0 Å². The van der Waals surface area contributed by atoms with Gasteiger partial charge < -0.3 is 15.5 Å². The van der Waals surface area contributed by atoms with Gasteiger partial charge in [0.05, 0.1) is 0 Å². The Morgan fingerprint density at radius 1 is 1.11 bits per heavy atom. The summed E-state index contributed by atoms with van der Waals surface area (Å²) in [4.78, 5) is 26.9. The largest absolute Gasteiger partial charge is 0.353 e. The highest BCUT2D eigenvalue weighted by molar-refractivity contribution is 5.79. The molecule has 3 aliphatic rings. The molecule has 1 aromatic rings. The second-order valence-electron chi connectivity index (χ2n) is 9.39. The molecule has 6 heteroatoms. The number of aromatic nitrogens is 2. The van der Waals surface area contributed by atoms with Crippen molar-refractivity contribution in [3.8, 4) is 0 Å². The Hall–Kier alpha value is -1.69. The van der Waals surface area contributed by atoms with Gasteiger partial charge in [-0.05, 0) is 44.4 Å². The topological polar surface area (TPSA) is 75.3 Å². The summed E-state index contributed by atoms with van der Waals surface area (Å²) in [5, 5.41) is 0. The van der Waals surface area contributed by atoms with Gasteiger partial charge in [0.25, 0.3) is 0 Å². The molecule has 0 radical (unpaired) electrons. The predicted molar refractivity (Wildman–Crippen MR) is 111 cm³/mol. The van der Waals surface area contributed by atoms with Crippen molar-refractivity contribution in [1.29, 1.82) is 0 Å². The Morgan fingerprint density at radius 3 is 2.36 bits per heavy atom. The van der Waals surface area contributed by atoms with Crippen molar-refractivity contribution in [2.24, 2.45) is 23.5 Å². The van der Waals surface area contributed by atoms with Crippen LogP contribution in [0, 0.1) is 24.7 Å². The van der Waals surface area contributed by atoms with E-state index in [1.807, 2.05) is 6.92 Å². The van der Waals surface area contributed by atoms with Crippen molar-refractivity contribution >= 4 is 11.7 Å². The molecule has 1 amide bonds. The van der Waals surface area contributed by atoms with Crippen molar-refractivity contribution in [1.82, 2.24) is 14.9 Å². The second kappa shape index (κ2) is 7.97. The lowest BCUT2D eigenvalue weighted by molar-refractivity contribution is -0.138. The molecule has 2 atom stereocenters. The first-order chi connectivity index (χ1) is 13.4. The zero-order valence-corrected chi connectivity index (χ0v) is 17.6. The number of carbonyl (C=O) groups is 1. The Labute approximate surface area is 168 Å². The predicted octanol–water partition coefficient (Wildman–Crippen LogP) is 2.71. The lowest BCUT2D eigenvalue weighted by atomic mass is 9.65. The molecule has 154 valence electrons. The number of nitrogens with zero attached hydrogens (tertiary/aromatic N) is 4. The maximum Gasteiger partial charge on any atom is 0.225 e. The summed E-state index contributed by atoms with van der Waals surface area (Å²) in [6.07, 6.45) is 5.71. The first-order valence-corrected chi connectivity index (χ1v) is 11.1. The molecule has 6 nitrogen and oxygen atoms in total. The van der Waals surface area contributed by atoms with Gasteiger partial charge >= 0.3 is 0 Å². The Kier molecular flexibility index (Phi) is 5.59. The van der Waals surface area contributed by atoms with Gasteiger partial charge in [-0.15, -0.1) is 0 Å². The number of aryl methyl sites for hydroxylation is 1. The van der Waals surface area contributed by atoms with Gasteiger partial charge in [0.1, 0.15) is 11.6 Å². The Morgan fingerprint density at radius 2 is 1.75 bits per heavy atom. The number of fused-ring (bicyclic) bond motifs is 2. The number of nitrogens with two attached hydrogens (primary N) is 1. The standard InChI is InChI=1S/C22H35N5O/c1-14(2)21-24-15(3)11-19(25-21)26-7-9-27(10-8-26)22(28)18-12-16-5-4-6-17(13-18)20(16)23/h11,14,16-18,20H,4-10,12-13,23H2,1-3H3. The molecule has 3 fully saturated rings. The van der Waals surface area contributed by atoms with Gasteiger partial charge in [0.2, 0.25) is 5.91 Å². The van der Waals surface area contributed by atoms with Gasteiger partial charge in [-0.3, -0.25) is 4.79 Å². The van der Waals surface area contributed by atoms with E-state index in [1.165, 1.54) is 19.3 Å². The lowest BCUT2D eigenvalue weighted by Gasteiger charge is -2.45. The summed E-state index contributed by atoms with van der Waals surface area (Å²) in [5.41, 5.74) is 7.42. The maximum absolute atomic E-state index is 13.2. The Balaban J connectivity index is 1.37. The summed E-state index contributed by atoms with van der Waals surface area (Å²) >= 11 is 0. The van der Waals surface area contributed by atoms with Crippen LogP contribution in [0.4, 0.5) is 5.82 Å². The highest BCUT2D eigenvalue weighted by Crippen LogP contribution is 2.42. The summed E-state index contributed by atoms with van der Waals surface area (Å²) in [7, 11) is 0. The molecule has 0 spiro atoms. The van der Waals surface area contributed by atoms with E-state index in [2.05, 4.69) is 34.7 Å². The smallest absolute Gasteiger partial charge is 0.225 e. The molecule has 4 rings (SSSR count). The number of anilines is 1. The van der Waals surface area contributed by atoms with Crippen LogP contribution in [0.5, 0.6) is 0 Å². The van der Waals surface area contributed by atoms with Gasteiger partial charge in [-0.1, -0.05) is 20.3 Å². The van der Waals surface area contributed by atoms with Gasteiger partial charge in [0.15, 0.2) is 0 Å². The quantitative estimate of drug-likeness (QED) is 0.866. The average molecular weight is 386 g/mol. The summed E-state index contributed by atoms with van der Waals surface area (Å²) < 4.78 is 0. The molecule has 1 aliphatic heterocycles. The minimum atomic E-state index is 0.190. The third kappa shape index (κ3) is 3.88. The summed E-state index contributed by atoms with van der Waals surface area (Å²) in [6, 6.07) is 2.39. The van der Waals surface area contributed by atoms with Crippen molar-refractivity contribution < 1.29 is 4.79 Å². The number of hydrogen-bond acceptors (Lipinski definition) is 5. The summed E-state index contributed by atoms with van der Waals surface area (Å²) in [5.74, 6) is 3.89. The van der Waals surface area contributed by atoms with Crippen LogP contribution >= 0.6 is 0 Å². The fourth-order valence-corrected chi connectivity index (χ4v) is 5.40. The van der Waals surface area contributed by atoms with Crippen molar-refractivity contribution in [3.63, 3.8) is 0 Å². The summed E-state index contributed by atoms with van der Waals surface area (Å²) in [6.45, 7) is 9.55. The van der Waals surface area contributed by atoms with E-state index in [1.54, 1.807) is 0 Å². The van der Waals surface area contributed by atoms with Crippen LogP contribution in [0.25, 0.3) is 0 Å². The zero-order valence-electron chi connectivity index (χ0n) is 17.6. The van der Waals surface area contributed by atoms with Gasteiger partial charge in [-0.25, -0.2) is 9.97 Å². The van der Waals surface area contributed by atoms with Crippen LogP contribution in [0.15, 0.2) is 6.07 Å². The molecule has 2 aliphatic carbocycles. The molecule has 2 saturated carbocycles. The first-order valence-electron chi connectivity index (χ1n) is 11.1. The van der Waals surface area contributed by atoms with Crippen molar-refractivity contribution in [2.45, 2.75) is 64.8 Å². The third-order valence-corrected chi connectivity index (χ3v) is 7.05. The van der Waals surface area contributed by atoms with E-state index in [9.17, 15) is 4.79 Å². The van der Waals surface area contributed by atoms with Crippen LogP contribution < -0.4 is 10.6 Å². The molecular formula is C22H35N5O. The average Bonchev–Trinajstić information content (AvgIpc) is 2.67. The van der Waals surface area contributed by atoms with E-state index in [-0.39, 0.29) is 5.92 Å². The highest BCUT2D eigenvalue weighted by Gasteiger charge is 2.41. The van der Waals surface area contributed by atoms with Crippen molar-refractivity contribution in [2.75, 3.05) is 31.1 Å². The minimum Gasteiger partial charge on any atom is -0.353 e. The van der Waals surface area contributed by atoms with Crippen LogP contribution in [-0.2, 0) is 4.79 Å². The third-order valence-electron chi connectivity index (χ3n) is 7.05. The molecule has 28 heavy (non-hydrogen) atoms. The number of carbonyl (C=O) groups excluding carboxylic acids is 1. The van der Waals surface area contributed by atoms with Gasteiger partial charge in [-0.2, -0.15) is 0 Å². The fraction of sp³-hybridized carbons (Fsp3) is 0.773. The van der Waals surface area contributed by atoms with Crippen LogP contribution in [-0.4, -0.2) is 53.0 Å². The second-order valence-corrected chi connectivity index (χ2v) is 9.39. The number of hydrogen-bond donors (Lipinski definition) is 1. The molecule has 2 unspecified atom stereocenters. The lowest BCUT2D eigenvalue weighted by Crippen LogP contribution is -2.54. The van der Waals surface area contributed by atoms with E-state index in [0.717, 1.165) is 56.4 Å².